The number of carbonyl (C=O) groups is 1. The van der Waals surface area contributed by atoms with Crippen LogP contribution in [0.25, 0.3) is 11.0 Å². The summed E-state index contributed by atoms with van der Waals surface area (Å²) in [5, 5.41) is 17.1. The summed E-state index contributed by atoms with van der Waals surface area (Å²) in [6.45, 7) is 3.91. The van der Waals surface area contributed by atoms with Crippen LogP contribution in [-0.2, 0) is 7.05 Å². The molecule has 108 valence electrons. The molecule has 1 aromatic carbocycles. The van der Waals surface area contributed by atoms with E-state index in [1.165, 1.54) is 0 Å². The molecular formula is C14H15N5O2. The van der Waals surface area contributed by atoms with Crippen molar-refractivity contribution >= 4 is 17.0 Å². The Bertz CT molecular complexity index is 833. The summed E-state index contributed by atoms with van der Waals surface area (Å²) in [7, 11) is 1.89. The van der Waals surface area contributed by atoms with Gasteiger partial charge in [-0.15, -0.1) is 10.2 Å². The maximum absolute atomic E-state index is 11.0. The molecule has 0 aliphatic carbocycles. The van der Waals surface area contributed by atoms with Crippen LogP contribution < -0.4 is 0 Å². The summed E-state index contributed by atoms with van der Waals surface area (Å²) in [5.74, 6) is 0.674. The molecule has 0 saturated carbocycles. The molecule has 0 amide bonds. The van der Waals surface area contributed by atoms with Crippen LogP contribution in [0, 0.1) is 6.92 Å². The fourth-order valence-corrected chi connectivity index (χ4v) is 2.63. The summed E-state index contributed by atoms with van der Waals surface area (Å²) in [6, 6.07) is 4.92. The number of carboxylic acid groups (broad SMARTS) is 1. The summed E-state index contributed by atoms with van der Waals surface area (Å²) < 4.78 is 3.90. The highest BCUT2D eigenvalue weighted by molar-refractivity contribution is 5.92. The van der Waals surface area contributed by atoms with E-state index in [0.717, 1.165) is 17.2 Å². The molecule has 0 aliphatic rings. The number of hydrogen-bond donors (Lipinski definition) is 1. The van der Waals surface area contributed by atoms with Crippen LogP contribution in [0.1, 0.15) is 35.0 Å². The molecule has 2 aromatic heterocycles. The molecule has 21 heavy (non-hydrogen) atoms. The Morgan fingerprint density at radius 1 is 1.38 bits per heavy atom. The van der Waals surface area contributed by atoms with Crippen molar-refractivity contribution in [2.24, 2.45) is 7.05 Å². The van der Waals surface area contributed by atoms with E-state index < -0.39 is 5.97 Å². The van der Waals surface area contributed by atoms with Crippen molar-refractivity contribution in [3.63, 3.8) is 0 Å². The van der Waals surface area contributed by atoms with E-state index >= 15 is 0 Å². The first-order chi connectivity index (χ1) is 9.99. The van der Waals surface area contributed by atoms with Crippen molar-refractivity contribution in [3.05, 3.63) is 41.7 Å². The summed E-state index contributed by atoms with van der Waals surface area (Å²) >= 11 is 0. The molecule has 7 heteroatoms. The second kappa shape index (κ2) is 4.69. The summed E-state index contributed by atoms with van der Waals surface area (Å²) in [4.78, 5) is 15.5. The third kappa shape index (κ3) is 2.06. The number of aromatic carboxylic acids is 1. The Morgan fingerprint density at radius 2 is 2.14 bits per heavy atom. The van der Waals surface area contributed by atoms with Gasteiger partial charge in [-0.1, -0.05) is 0 Å². The smallest absolute Gasteiger partial charge is 0.335 e. The zero-order chi connectivity index (χ0) is 15.1. The molecule has 0 aliphatic heterocycles. The minimum atomic E-state index is -0.953. The second-order valence-electron chi connectivity index (χ2n) is 5.01. The number of nitrogens with zero attached hydrogens (tertiary/aromatic N) is 5. The molecule has 0 fully saturated rings. The van der Waals surface area contributed by atoms with E-state index in [2.05, 4.69) is 15.2 Å². The summed E-state index contributed by atoms with van der Waals surface area (Å²) in [5.41, 5.74) is 1.79. The van der Waals surface area contributed by atoms with Gasteiger partial charge in [0.15, 0.2) is 5.82 Å². The Balaban J connectivity index is 2.17. The first-order valence-electron chi connectivity index (χ1n) is 6.55. The normalized spacial score (nSPS) is 12.7. The minimum Gasteiger partial charge on any atom is -0.478 e. The van der Waals surface area contributed by atoms with Crippen LogP contribution in [0.4, 0.5) is 0 Å². The van der Waals surface area contributed by atoms with Gasteiger partial charge in [-0.25, -0.2) is 9.78 Å². The van der Waals surface area contributed by atoms with Crippen molar-refractivity contribution in [2.45, 2.75) is 19.9 Å². The number of aryl methyl sites for hydroxylation is 2. The Hall–Kier alpha value is -2.70. The first-order valence-corrected chi connectivity index (χ1v) is 6.55. The fourth-order valence-electron chi connectivity index (χ4n) is 2.63. The van der Waals surface area contributed by atoms with Gasteiger partial charge in [0, 0.05) is 7.05 Å². The van der Waals surface area contributed by atoms with Gasteiger partial charge < -0.3 is 14.2 Å². The molecule has 1 N–H and O–H groups in total. The zero-order valence-corrected chi connectivity index (χ0v) is 12.0. The molecule has 1 atom stereocenters. The lowest BCUT2D eigenvalue weighted by atomic mass is 10.2. The Kier molecular flexibility index (Phi) is 2.97. The molecule has 0 bridgehead atoms. The second-order valence-corrected chi connectivity index (χ2v) is 5.01. The lowest BCUT2D eigenvalue weighted by Gasteiger charge is -2.15. The number of hydrogen-bond acceptors (Lipinski definition) is 4. The van der Waals surface area contributed by atoms with Gasteiger partial charge in [-0.2, -0.15) is 0 Å². The van der Waals surface area contributed by atoms with Crippen LogP contribution >= 0.6 is 0 Å². The molecule has 0 saturated heterocycles. The lowest BCUT2D eigenvalue weighted by molar-refractivity contribution is 0.0697. The molecule has 7 nitrogen and oxygen atoms in total. The topological polar surface area (TPSA) is 85.8 Å². The van der Waals surface area contributed by atoms with Gasteiger partial charge in [0.25, 0.3) is 0 Å². The average Bonchev–Trinajstić information content (AvgIpc) is 2.99. The van der Waals surface area contributed by atoms with Crippen molar-refractivity contribution < 1.29 is 9.90 Å². The van der Waals surface area contributed by atoms with Crippen molar-refractivity contribution in [2.75, 3.05) is 0 Å². The number of benzene rings is 1. The van der Waals surface area contributed by atoms with Crippen molar-refractivity contribution in [1.82, 2.24) is 24.3 Å². The number of rotatable bonds is 3. The number of fused-ring (bicyclic) bond motifs is 1. The van der Waals surface area contributed by atoms with Gasteiger partial charge in [0.1, 0.15) is 12.2 Å². The highest BCUT2D eigenvalue weighted by Crippen LogP contribution is 2.25. The standard InChI is InChI=1S/C14H15N5O2/c1-8(13-17-15-7-18(13)3)19-9(2)16-11-6-10(14(20)21)4-5-12(11)19/h4-8H,1-3H3,(H,20,21). The van der Waals surface area contributed by atoms with Crippen LogP contribution in [0.15, 0.2) is 24.5 Å². The lowest BCUT2D eigenvalue weighted by Crippen LogP contribution is -2.13. The van der Waals surface area contributed by atoms with E-state index in [4.69, 9.17) is 5.11 Å². The minimum absolute atomic E-state index is 0.0434. The summed E-state index contributed by atoms with van der Waals surface area (Å²) in [6.07, 6.45) is 1.66. The molecule has 3 aromatic rings. The number of aromatic nitrogens is 5. The van der Waals surface area contributed by atoms with Gasteiger partial charge in [0.05, 0.1) is 22.6 Å². The van der Waals surface area contributed by atoms with Crippen LogP contribution in [0.3, 0.4) is 0 Å². The predicted octanol–water partition coefficient (Wildman–Crippen LogP) is 1.78. The van der Waals surface area contributed by atoms with Crippen LogP contribution in [0.2, 0.25) is 0 Å². The third-order valence-corrected chi connectivity index (χ3v) is 3.62. The Morgan fingerprint density at radius 3 is 2.76 bits per heavy atom. The zero-order valence-electron chi connectivity index (χ0n) is 12.0. The maximum Gasteiger partial charge on any atom is 0.335 e. The van der Waals surface area contributed by atoms with E-state index in [-0.39, 0.29) is 11.6 Å². The van der Waals surface area contributed by atoms with E-state index in [1.54, 1.807) is 24.5 Å². The monoisotopic (exact) mass is 285 g/mol. The SMILES string of the molecule is Cc1nc2cc(C(=O)O)ccc2n1C(C)c1nncn1C. The number of imidazole rings is 1. The predicted molar refractivity (Wildman–Crippen MR) is 76.2 cm³/mol. The van der Waals surface area contributed by atoms with Crippen molar-refractivity contribution in [1.29, 1.82) is 0 Å². The molecule has 0 spiro atoms. The molecule has 1 unspecified atom stereocenters. The Labute approximate surface area is 120 Å². The quantitative estimate of drug-likeness (QED) is 0.792. The van der Waals surface area contributed by atoms with Crippen LogP contribution in [-0.4, -0.2) is 35.4 Å². The van der Waals surface area contributed by atoms with Crippen LogP contribution in [0.5, 0.6) is 0 Å². The number of carboxylic acids is 1. The van der Waals surface area contributed by atoms with Gasteiger partial charge in [0.2, 0.25) is 0 Å². The van der Waals surface area contributed by atoms with Gasteiger partial charge >= 0.3 is 5.97 Å². The largest absolute Gasteiger partial charge is 0.478 e. The van der Waals surface area contributed by atoms with Crippen molar-refractivity contribution in [3.8, 4) is 0 Å². The fraction of sp³-hybridized carbons (Fsp3) is 0.286. The van der Waals surface area contributed by atoms with E-state index in [1.807, 2.05) is 30.0 Å². The van der Waals surface area contributed by atoms with Gasteiger partial charge in [-0.3, -0.25) is 0 Å². The molecule has 0 radical (unpaired) electrons. The molecule has 2 heterocycles. The highest BCUT2D eigenvalue weighted by atomic mass is 16.4. The van der Waals surface area contributed by atoms with E-state index in [0.29, 0.717) is 5.52 Å². The molecule has 3 rings (SSSR count). The highest BCUT2D eigenvalue weighted by Gasteiger charge is 2.19. The molecular weight excluding hydrogens is 270 g/mol. The first kappa shape index (κ1) is 13.3. The third-order valence-electron chi connectivity index (χ3n) is 3.62. The average molecular weight is 285 g/mol. The maximum atomic E-state index is 11.0. The van der Waals surface area contributed by atoms with Gasteiger partial charge in [-0.05, 0) is 32.0 Å². The van der Waals surface area contributed by atoms with E-state index in [9.17, 15) is 4.79 Å².